The molecule has 0 spiro atoms. The highest BCUT2D eigenvalue weighted by molar-refractivity contribution is 7.92. The number of nitrogens with zero attached hydrogens (tertiary/aromatic N) is 1. The zero-order valence-electron chi connectivity index (χ0n) is 15.4. The molecule has 1 amide bonds. The van der Waals surface area contributed by atoms with E-state index in [4.69, 9.17) is 0 Å². The van der Waals surface area contributed by atoms with E-state index in [2.05, 4.69) is 20.3 Å². The van der Waals surface area contributed by atoms with E-state index in [-0.39, 0.29) is 16.6 Å². The van der Waals surface area contributed by atoms with Crippen LogP contribution in [0.15, 0.2) is 71.8 Å². The van der Waals surface area contributed by atoms with Crippen LogP contribution in [0.25, 0.3) is 0 Å². The number of carbonyl (C=O) groups excluding carboxylic acids is 1. The van der Waals surface area contributed by atoms with Gasteiger partial charge in [-0.2, -0.15) is 0 Å². The maximum atomic E-state index is 12.5. The molecule has 0 saturated heterocycles. The van der Waals surface area contributed by atoms with Gasteiger partial charge in [-0.05, 0) is 61.0 Å². The zero-order valence-corrected chi connectivity index (χ0v) is 16.2. The molecule has 3 N–H and O–H groups in total. The highest BCUT2D eigenvalue weighted by Gasteiger charge is 2.15. The van der Waals surface area contributed by atoms with Crippen LogP contribution in [0.4, 0.5) is 22.9 Å². The normalized spacial score (nSPS) is 10.9. The fourth-order valence-corrected chi connectivity index (χ4v) is 3.54. The average molecular weight is 396 g/mol. The second kappa shape index (κ2) is 8.10. The van der Waals surface area contributed by atoms with Crippen molar-refractivity contribution in [3.05, 3.63) is 72.4 Å². The molecule has 8 heteroatoms. The second-order valence-electron chi connectivity index (χ2n) is 6.24. The summed E-state index contributed by atoms with van der Waals surface area (Å²) < 4.78 is 27.4. The number of rotatable bonds is 6. The molecule has 0 bridgehead atoms. The lowest BCUT2D eigenvalue weighted by atomic mass is 10.2. The van der Waals surface area contributed by atoms with Gasteiger partial charge in [0, 0.05) is 18.3 Å². The highest BCUT2D eigenvalue weighted by atomic mass is 32.2. The molecule has 0 aliphatic carbocycles. The average Bonchev–Trinajstić information content (AvgIpc) is 2.63. The van der Waals surface area contributed by atoms with Crippen LogP contribution in [-0.4, -0.2) is 19.3 Å². The second-order valence-corrected chi connectivity index (χ2v) is 7.92. The van der Waals surface area contributed by atoms with Crippen LogP contribution in [0.2, 0.25) is 0 Å². The molecule has 144 valence electrons. The standard InChI is InChI=1S/C20H20N4O3S/c1-14-4-3-5-17(12-14)23-18-8-11-20(21-13-18)24-28(26,27)19-9-6-16(7-10-19)22-15(2)25/h3-13,23H,1-2H3,(H,21,24)(H,22,25). The van der Waals surface area contributed by atoms with Crippen molar-refractivity contribution in [2.75, 3.05) is 15.4 Å². The Balaban J connectivity index is 1.69. The third kappa shape index (κ3) is 5.08. The number of hydrogen-bond donors (Lipinski definition) is 3. The van der Waals surface area contributed by atoms with Crippen LogP contribution < -0.4 is 15.4 Å². The molecule has 2 aromatic carbocycles. The third-order valence-electron chi connectivity index (χ3n) is 3.79. The molecule has 0 aliphatic rings. The summed E-state index contributed by atoms with van der Waals surface area (Å²) in [6.45, 7) is 3.39. The number of aryl methyl sites for hydroxylation is 1. The fraction of sp³-hybridized carbons (Fsp3) is 0.100. The first kappa shape index (κ1) is 19.4. The minimum absolute atomic E-state index is 0.0744. The predicted molar refractivity (Wildman–Crippen MR) is 110 cm³/mol. The molecule has 0 aliphatic heterocycles. The van der Waals surface area contributed by atoms with Crippen molar-refractivity contribution in [1.82, 2.24) is 4.98 Å². The van der Waals surface area contributed by atoms with Gasteiger partial charge in [-0.25, -0.2) is 13.4 Å². The number of pyridine rings is 1. The Kier molecular flexibility index (Phi) is 5.60. The summed E-state index contributed by atoms with van der Waals surface area (Å²) in [7, 11) is -3.78. The first-order valence-corrected chi connectivity index (χ1v) is 10.0. The van der Waals surface area contributed by atoms with Gasteiger partial charge in [0.05, 0.1) is 16.8 Å². The summed E-state index contributed by atoms with van der Waals surface area (Å²) in [5, 5.41) is 5.80. The van der Waals surface area contributed by atoms with Crippen LogP contribution in [-0.2, 0) is 14.8 Å². The minimum Gasteiger partial charge on any atom is -0.354 e. The molecular weight excluding hydrogens is 376 g/mol. The Hall–Kier alpha value is -3.39. The van der Waals surface area contributed by atoms with Gasteiger partial charge in [0.25, 0.3) is 10.0 Å². The maximum absolute atomic E-state index is 12.5. The molecular formula is C20H20N4O3S. The van der Waals surface area contributed by atoms with E-state index in [1.54, 1.807) is 18.3 Å². The van der Waals surface area contributed by atoms with Crippen LogP contribution >= 0.6 is 0 Å². The molecule has 0 saturated carbocycles. The van der Waals surface area contributed by atoms with Crippen molar-refractivity contribution < 1.29 is 13.2 Å². The van der Waals surface area contributed by atoms with E-state index >= 15 is 0 Å². The van der Waals surface area contributed by atoms with E-state index in [1.807, 2.05) is 31.2 Å². The van der Waals surface area contributed by atoms with Gasteiger partial charge >= 0.3 is 0 Å². The summed E-state index contributed by atoms with van der Waals surface area (Å²) in [6, 6.07) is 17.1. The van der Waals surface area contributed by atoms with E-state index in [0.29, 0.717) is 5.69 Å². The Morgan fingerprint density at radius 3 is 2.25 bits per heavy atom. The van der Waals surface area contributed by atoms with Gasteiger partial charge in [0.1, 0.15) is 5.82 Å². The minimum atomic E-state index is -3.78. The predicted octanol–water partition coefficient (Wildman–Crippen LogP) is 3.89. The summed E-state index contributed by atoms with van der Waals surface area (Å²) in [6.07, 6.45) is 1.56. The number of sulfonamides is 1. The number of amides is 1. The van der Waals surface area contributed by atoms with Gasteiger partial charge in [0.2, 0.25) is 5.91 Å². The number of aromatic nitrogens is 1. The van der Waals surface area contributed by atoms with Crippen molar-refractivity contribution in [3.63, 3.8) is 0 Å². The number of hydrogen-bond acceptors (Lipinski definition) is 5. The molecule has 1 heterocycles. The lowest BCUT2D eigenvalue weighted by Gasteiger charge is -2.10. The molecule has 0 radical (unpaired) electrons. The molecule has 0 fully saturated rings. The largest absolute Gasteiger partial charge is 0.354 e. The van der Waals surface area contributed by atoms with E-state index < -0.39 is 10.0 Å². The monoisotopic (exact) mass is 396 g/mol. The van der Waals surface area contributed by atoms with Gasteiger partial charge < -0.3 is 10.6 Å². The maximum Gasteiger partial charge on any atom is 0.263 e. The summed E-state index contributed by atoms with van der Waals surface area (Å²) in [5.41, 5.74) is 3.32. The van der Waals surface area contributed by atoms with E-state index in [9.17, 15) is 13.2 Å². The van der Waals surface area contributed by atoms with E-state index in [0.717, 1.165) is 16.9 Å². The Labute approximate surface area is 163 Å². The van der Waals surface area contributed by atoms with Crippen molar-refractivity contribution in [3.8, 4) is 0 Å². The molecule has 0 unspecified atom stereocenters. The van der Waals surface area contributed by atoms with Crippen molar-refractivity contribution >= 4 is 38.8 Å². The van der Waals surface area contributed by atoms with Gasteiger partial charge in [-0.3, -0.25) is 9.52 Å². The Morgan fingerprint density at radius 1 is 0.929 bits per heavy atom. The number of nitrogens with one attached hydrogen (secondary N) is 3. The smallest absolute Gasteiger partial charge is 0.263 e. The lowest BCUT2D eigenvalue weighted by Crippen LogP contribution is -2.14. The summed E-state index contributed by atoms with van der Waals surface area (Å²) in [4.78, 5) is 15.3. The zero-order chi connectivity index (χ0) is 20.1. The fourth-order valence-electron chi connectivity index (χ4n) is 2.53. The molecule has 1 aromatic heterocycles. The van der Waals surface area contributed by atoms with Crippen molar-refractivity contribution in [1.29, 1.82) is 0 Å². The van der Waals surface area contributed by atoms with Crippen molar-refractivity contribution in [2.45, 2.75) is 18.7 Å². The van der Waals surface area contributed by atoms with Gasteiger partial charge in [0.15, 0.2) is 0 Å². The first-order valence-electron chi connectivity index (χ1n) is 8.52. The quantitative estimate of drug-likeness (QED) is 0.587. The van der Waals surface area contributed by atoms with Crippen molar-refractivity contribution in [2.24, 2.45) is 0 Å². The van der Waals surface area contributed by atoms with Gasteiger partial charge in [-0.1, -0.05) is 12.1 Å². The van der Waals surface area contributed by atoms with Crippen LogP contribution in [0.3, 0.4) is 0 Å². The van der Waals surface area contributed by atoms with Crippen LogP contribution in [0, 0.1) is 6.92 Å². The topological polar surface area (TPSA) is 100 Å². The Bertz CT molecular complexity index is 1080. The summed E-state index contributed by atoms with van der Waals surface area (Å²) >= 11 is 0. The first-order chi connectivity index (χ1) is 13.3. The summed E-state index contributed by atoms with van der Waals surface area (Å²) in [5.74, 6) is -0.0157. The number of anilines is 4. The Morgan fingerprint density at radius 2 is 1.64 bits per heavy atom. The van der Waals surface area contributed by atoms with E-state index in [1.165, 1.54) is 31.2 Å². The van der Waals surface area contributed by atoms with Crippen LogP contribution in [0.1, 0.15) is 12.5 Å². The van der Waals surface area contributed by atoms with Crippen LogP contribution in [0.5, 0.6) is 0 Å². The number of carbonyl (C=O) groups is 1. The van der Waals surface area contributed by atoms with Gasteiger partial charge in [-0.15, -0.1) is 0 Å². The SMILES string of the molecule is CC(=O)Nc1ccc(S(=O)(=O)Nc2ccc(Nc3cccc(C)c3)cn2)cc1. The molecule has 3 aromatic rings. The highest BCUT2D eigenvalue weighted by Crippen LogP contribution is 2.20. The molecule has 0 atom stereocenters. The number of benzene rings is 2. The third-order valence-corrected chi connectivity index (χ3v) is 5.16. The lowest BCUT2D eigenvalue weighted by molar-refractivity contribution is -0.114. The molecule has 7 nitrogen and oxygen atoms in total. The molecule has 28 heavy (non-hydrogen) atoms. The molecule has 3 rings (SSSR count).